The molecule has 2 fully saturated rings. The van der Waals surface area contributed by atoms with E-state index in [1.54, 1.807) is 0 Å². The molecule has 0 spiro atoms. The Bertz CT molecular complexity index is 266. The van der Waals surface area contributed by atoms with Gasteiger partial charge in [0, 0.05) is 12.1 Å². The first-order chi connectivity index (χ1) is 9.04. The Kier molecular flexibility index (Phi) is 5.27. The number of ether oxygens (including phenoxy) is 1. The molecule has 1 aliphatic carbocycles. The van der Waals surface area contributed by atoms with Gasteiger partial charge in [0.25, 0.3) is 0 Å². The van der Waals surface area contributed by atoms with Gasteiger partial charge < -0.3 is 14.7 Å². The smallest absolute Gasteiger partial charge is 0.0724 e. The molecule has 0 aromatic rings. The summed E-state index contributed by atoms with van der Waals surface area (Å²) in [6.45, 7) is 3.25. The van der Waals surface area contributed by atoms with Crippen molar-refractivity contribution in [2.45, 2.75) is 76.0 Å². The lowest BCUT2D eigenvalue weighted by atomic mass is 9.72. The summed E-state index contributed by atoms with van der Waals surface area (Å²) in [7, 11) is 4.26. The van der Waals surface area contributed by atoms with E-state index >= 15 is 0 Å². The summed E-state index contributed by atoms with van der Waals surface area (Å²) >= 11 is 0. The maximum atomic E-state index is 10.7. The Hall–Kier alpha value is -0.120. The van der Waals surface area contributed by atoms with Gasteiger partial charge in [0.2, 0.25) is 0 Å². The average molecular weight is 269 g/mol. The second-order valence-corrected chi connectivity index (χ2v) is 6.91. The molecule has 0 radical (unpaired) electrons. The number of nitrogens with zero attached hydrogens (tertiary/aromatic N) is 1. The van der Waals surface area contributed by atoms with E-state index in [1.165, 1.54) is 25.7 Å². The van der Waals surface area contributed by atoms with E-state index in [4.69, 9.17) is 4.74 Å². The summed E-state index contributed by atoms with van der Waals surface area (Å²) in [5.41, 5.74) is 0.00507. The molecule has 1 N–H and O–H groups in total. The fourth-order valence-corrected chi connectivity index (χ4v) is 3.82. The predicted octanol–water partition coefficient (Wildman–Crippen LogP) is 2.82. The van der Waals surface area contributed by atoms with E-state index in [2.05, 4.69) is 25.9 Å². The SMILES string of the molecule is CC1CCC(C(O)CCC2CCCO2)(N(C)C)CC1. The second-order valence-electron chi connectivity index (χ2n) is 6.91. The monoisotopic (exact) mass is 269 g/mol. The Balaban J connectivity index is 1.90. The quantitative estimate of drug-likeness (QED) is 0.833. The fraction of sp³-hybridized carbons (Fsp3) is 1.00. The van der Waals surface area contributed by atoms with Crippen LogP contribution in [0.4, 0.5) is 0 Å². The molecule has 2 rings (SSSR count). The van der Waals surface area contributed by atoms with Crippen LogP contribution in [0.2, 0.25) is 0 Å². The summed E-state index contributed by atoms with van der Waals surface area (Å²) < 4.78 is 5.68. The van der Waals surface area contributed by atoms with Gasteiger partial charge in [0.15, 0.2) is 0 Å². The van der Waals surface area contributed by atoms with Crippen LogP contribution in [0.5, 0.6) is 0 Å². The number of hydrogen-bond donors (Lipinski definition) is 1. The standard InChI is InChI=1S/C16H31NO2/c1-13-8-10-16(11-9-13,17(2)3)15(18)7-6-14-5-4-12-19-14/h13-15,18H,4-12H2,1-3H3. The van der Waals surface area contributed by atoms with Gasteiger partial charge in [-0.25, -0.2) is 0 Å². The van der Waals surface area contributed by atoms with Crippen LogP contribution in [-0.4, -0.2) is 48.5 Å². The van der Waals surface area contributed by atoms with Gasteiger partial charge in [-0.2, -0.15) is 0 Å². The van der Waals surface area contributed by atoms with Gasteiger partial charge in [-0.15, -0.1) is 0 Å². The minimum absolute atomic E-state index is 0.00507. The van der Waals surface area contributed by atoms with Gasteiger partial charge in [0.1, 0.15) is 0 Å². The van der Waals surface area contributed by atoms with Crippen molar-refractivity contribution in [3.8, 4) is 0 Å². The lowest BCUT2D eigenvalue weighted by molar-refractivity contribution is -0.0485. The topological polar surface area (TPSA) is 32.7 Å². The molecule has 2 unspecified atom stereocenters. The Morgan fingerprint density at radius 1 is 1.26 bits per heavy atom. The van der Waals surface area contributed by atoms with Crippen molar-refractivity contribution >= 4 is 0 Å². The van der Waals surface area contributed by atoms with Gasteiger partial charge in [-0.1, -0.05) is 6.92 Å². The lowest BCUT2D eigenvalue weighted by Crippen LogP contribution is -2.55. The van der Waals surface area contributed by atoms with Crippen molar-refractivity contribution in [3.63, 3.8) is 0 Å². The molecule has 0 aromatic heterocycles. The normalized spacial score (nSPS) is 37.7. The second kappa shape index (κ2) is 6.55. The van der Waals surface area contributed by atoms with Crippen LogP contribution < -0.4 is 0 Å². The van der Waals surface area contributed by atoms with Crippen molar-refractivity contribution < 1.29 is 9.84 Å². The fourth-order valence-electron chi connectivity index (χ4n) is 3.82. The molecule has 1 heterocycles. The molecule has 1 saturated carbocycles. The molecule has 2 atom stereocenters. The third kappa shape index (κ3) is 3.50. The highest BCUT2D eigenvalue weighted by Gasteiger charge is 2.42. The number of aliphatic hydroxyl groups excluding tert-OH is 1. The zero-order chi connectivity index (χ0) is 13.9. The van der Waals surface area contributed by atoms with Crippen LogP contribution in [0.15, 0.2) is 0 Å². The molecule has 0 amide bonds. The molecule has 3 nitrogen and oxygen atoms in total. The molecule has 1 saturated heterocycles. The van der Waals surface area contributed by atoms with Gasteiger partial charge >= 0.3 is 0 Å². The Labute approximate surface area is 118 Å². The van der Waals surface area contributed by atoms with Crippen LogP contribution in [0.25, 0.3) is 0 Å². The first-order valence-corrected chi connectivity index (χ1v) is 8.01. The van der Waals surface area contributed by atoms with E-state index in [1.807, 2.05) is 0 Å². The third-order valence-corrected chi connectivity index (χ3v) is 5.44. The van der Waals surface area contributed by atoms with Crippen LogP contribution >= 0.6 is 0 Å². The van der Waals surface area contributed by atoms with Gasteiger partial charge in [-0.05, 0) is 71.4 Å². The minimum atomic E-state index is -0.209. The minimum Gasteiger partial charge on any atom is -0.391 e. The average Bonchev–Trinajstić information content (AvgIpc) is 2.90. The first-order valence-electron chi connectivity index (χ1n) is 8.01. The lowest BCUT2D eigenvalue weighted by Gasteiger charge is -2.48. The third-order valence-electron chi connectivity index (χ3n) is 5.44. The predicted molar refractivity (Wildman–Crippen MR) is 78.3 cm³/mol. The highest BCUT2D eigenvalue weighted by Crippen LogP contribution is 2.39. The highest BCUT2D eigenvalue weighted by atomic mass is 16.5. The van der Waals surface area contributed by atoms with Crippen LogP contribution in [-0.2, 0) is 4.74 Å². The van der Waals surface area contributed by atoms with E-state index in [9.17, 15) is 5.11 Å². The maximum absolute atomic E-state index is 10.7. The Morgan fingerprint density at radius 3 is 2.47 bits per heavy atom. The highest BCUT2D eigenvalue weighted by molar-refractivity contribution is 4.98. The molecular formula is C16H31NO2. The van der Waals surface area contributed by atoms with E-state index in [0.29, 0.717) is 6.10 Å². The van der Waals surface area contributed by atoms with E-state index in [-0.39, 0.29) is 11.6 Å². The van der Waals surface area contributed by atoms with Crippen molar-refractivity contribution in [2.75, 3.05) is 20.7 Å². The number of hydrogen-bond acceptors (Lipinski definition) is 3. The van der Waals surface area contributed by atoms with E-state index < -0.39 is 0 Å². The van der Waals surface area contributed by atoms with Crippen molar-refractivity contribution in [1.82, 2.24) is 4.90 Å². The number of likely N-dealkylation sites (N-methyl/N-ethyl adjacent to an activating group) is 1. The molecule has 0 bridgehead atoms. The summed E-state index contributed by atoms with van der Waals surface area (Å²) in [6.07, 6.45) is 9.22. The summed E-state index contributed by atoms with van der Waals surface area (Å²) in [6, 6.07) is 0. The summed E-state index contributed by atoms with van der Waals surface area (Å²) in [4.78, 5) is 2.28. The van der Waals surface area contributed by atoms with Crippen molar-refractivity contribution in [3.05, 3.63) is 0 Å². The first kappa shape index (κ1) is 15.3. The maximum Gasteiger partial charge on any atom is 0.0724 e. The zero-order valence-corrected chi connectivity index (χ0v) is 12.9. The molecule has 2 aliphatic rings. The molecule has 19 heavy (non-hydrogen) atoms. The molecule has 3 heteroatoms. The van der Waals surface area contributed by atoms with Gasteiger partial charge in [-0.3, -0.25) is 0 Å². The Morgan fingerprint density at radius 2 is 1.95 bits per heavy atom. The molecule has 1 aliphatic heterocycles. The van der Waals surface area contributed by atoms with Crippen LogP contribution in [0, 0.1) is 5.92 Å². The van der Waals surface area contributed by atoms with Crippen molar-refractivity contribution in [1.29, 1.82) is 0 Å². The van der Waals surface area contributed by atoms with Crippen molar-refractivity contribution in [2.24, 2.45) is 5.92 Å². The van der Waals surface area contributed by atoms with Crippen LogP contribution in [0.3, 0.4) is 0 Å². The number of rotatable bonds is 5. The largest absolute Gasteiger partial charge is 0.391 e. The van der Waals surface area contributed by atoms with E-state index in [0.717, 1.165) is 38.2 Å². The zero-order valence-electron chi connectivity index (χ0n) is 12.9. The molecule has 0 aromatic carbocycles. The summed E-state index contributed by atoms with van der Waals surface area (Å²) in [5.74, 6) is 0.818. The number of aliphatic hydroxyl groups is 1. The van der Waals surface area contributed by atoms with Crippen LogP contribution in [0.1, 0.15) is 58.3 Å². The molecular weight excluding hydrogens is 238 g/mol. The summed E-state index contributed by atoms with van der Waals surface area (Å²) in [5, 5.41) is 10.7. The molecule has 112 valence electrons. The van der Waals surface area contributed by atoms with Gasteiger partial charge in [0.05, 0.1) is 12.2 Å².